The minimum Gasteiger partial charge on any atom is -0.325 e. The van der Waals surface area contributed by atoms with Gasteiger partial charge in [0.05, 0.1) is 16.8 Å². The molecule has 3 aliphatic carbocycles. The molecule has 1 aromatic carbocycles. The van der Waals surface area contributed by atoms with Gasteiger partial charge in [0, 0.05) is 36.4 Å². The van der Waals surface area contributed by atoms with Crippen LogP contribution in [0, 0.1) is 34.5 Å². The number of halogens is 6. The summed E-state index contributed by atoms with van der Waals surface area (Å²) >= 11 is 0. The third kappa shape index (κ3) is 4.28. The molecule has 0 spiro atoms. The normalized spacial score (nSPS) is 35.8. The summed E-state index contributed by atoms with van der Waals surface area (Å²) < 4.78 is 80.4. The van der Waals surface area contributed by atoms with Crippen LogP contribution in [0.4, 0.5) is 32.0 Å². The van der Waals surface area contributed by atoms with Crippen LogP contribution in [0.1, 0.15) is 69.9 Å². The van der Waals surface area contributed by atoms with Crippen LogP contribution in [-0.2, 0) is 21.9 Å². The van der Waals surface area contributed by atoms with Gasteiger partial charge in [0.25, 0.3) is 0 Å². The van der Waals surface area contributed by atoms with Crippen molar-refractivity contribution >= 4 is 23.1 Å². The fourth-order valence-corrected chi connectivity index (χ4v) is 7.93. The highest BCUT2D eigenvalue weighted by Gasteiger charge is 2.60. The number of carbonyl (C=O) groups is 2. The quantitative estimate of drug-likeness (QED) is 0.423. The highest BCUT2D eigenvalue weighted by molar-refractivity contribution is 6.07. The van der Waals surface area contributed by atoms with Crippen LogP contribution < -0.4 is 5.32 Å². The lowest BCUT2D eigenvalue weighted by Gasteiger charge is -2.56. The first kappa shape index (κ1) is 26.2. The van der Waals surface area contributed by atoms with Crippen molar-refractivity contribution in [3.8, 4) is 0 Å². The Balaban J connectivity index is 1.40. The Labute approximate surface area is 211 Å². The molecule has 6 atom stereocenters. The second-order valence-corrected chi connectivity index (χ2v) is 11.7. The van der Waals surface area contributed by atoms with Crippen LogP contribution >= 0.6 is 0 Å². The molecule has 0 aromatic heterocycles. The van der Waals surface area contributed by atoms with Gasteiger partial charge in [0.2, 0.25) is 5.91 Å². The maximum atomic E-state index is 13.6. The molecule has 3 unspecified atom stereocenters. The smallest absolute Gasteiger partial charge is 0.325 e. The average molecular weight is 529 g/mol. The van der Waals surface area contributed by atoms with E-state index in [4.69, 9.17) is 4.99 Å². The number of amides is 1. The Morgan fingerprint density at radius 1 is 1.00 bits per heavy atom. The summed E-state index contributed by atoms with van der Waals surface area (Å²) in [5, 5.41) is 2.24. The highest BCUT2D eigenvalue weighted by Crippen LogP contribution is 2.64. The van der Waals surface area contributed by atoms with Crippen LogP contribution in [0.5, 0.6) is 0 Å². The van der Waals surface area contributed by atoms with E-state index < -0.39 is 46.4 Å². The van der Waals surface area contributed by atoms with Gasteiger partial charge in [-0.3, -0.25) is 14.6 Å². The molecule has 5 rings (SSSR count). The zero-order valence-electron chi connectivity index (χ0n) is 20.7. The molecule has 1 aliphatic heterocycles. The Morgan fingerprint density at radius 2 is 1.73 bits per heavy atom. The van der Waals surface area contributed by atoms with Gasteiger partial charge >= 0.3 is 12.4 Å². The van der Waals surface area contributed by atoms with E-state index in [1.807, 2.05) is 6.92 Å². The number of hydrogen-bond acceptors (Lipinski definition) is 3. The van der Waals surface area contributed by atoms with Crippen LogP contribution in [0.25, 0.3) is 0 Å². The van der Waals surface area contributed by atoms with Crippen molar-refractivity contribution in [1.29, 1.82) is 0 Å². The Bertz CT molecular complexity index is 1160. The van der Waals surface area contributed by atoms with Gasteiger partial charge in [0.1, 0.15) is 5.78 Å². The van der Waals surface area contributed by atoms with Crippen molar-refractivity contribution in [2.45, 2.75) is 71.1 Å². The lowest BCUT2D eigenvalue weighted by atomic mass is 9.49. The van der Waals surface area contributed by atoms with E-state index >= 15 is 0 Å². The number of hydrogen-bond donors (Lipinski definition) is 1. The van der Waals surface area contributed by atoms with Gasteiger partial charge < -0.3 is 5.32 Å². The summed E-state index contributed by atoms with van der Waals surface area (Å²) in [6.07, 6.45) is -5.38. The van der Waals surface area contributed by atoms with E-state index in [1.54, 1.807) is 0 Å². The number of nitrogens with one attached hydrogen (secondary N) is 1. The fourth-order valence-electron chi connectivity index (χ4n) is 7.93. The van der Waals surface area contributed by atoms with E-state index in [2.05, 4.69) is 12.2 Å². The molecule has 1 aromatic rings. The molecule has 1 N–H and O–H groups in total. The standard InChI is InChI=1S/C27H30F6N2O2/c1-24-10-8-18-16(13-34-22-12-15(36)7-9-25(18,22)2)17(24)5-6-20(24)23(37)35-21-11-14(26(28,29)30)3-4-19(21)27(31,32)33/h3-4,11,16-18,20H,5-10,12-13H2,1-2H3,(H,35,37)/t16?,17?,18?,20-,24+,25-/m1/s1. The van der Waals surface area contributed by atoms with Crippen molar-refractivity contribution in [2.75, 3.05) is 11.9 Å². The lowest BCUT2D eigenvalue weighted by Crippen LogP contribution is -2.55. The molecule has 0 saturated heterocycles. The topological polar surface area (TPSA) is 58.5 Å². The minimum atomic E-state index is -4.92. The molecule has 4 nitrogen and oxygen atoms in total. The molecule has 0 bridgehead atoms. The molecule has 3 saturated carbocycles. The number of ketones is 1. The molecule has 1 amide bonds. The summed E-state index contributed by atoms with van der Waals surface area (Å²) in [5.74, 6) is -0.403. The largest absolute Gasteiger partial charge is 0.418 e. The second kappa shape index (κ2) is 8.56. The molecule has 0 radical (unpaired) electrons. The number of aliphatic imine (C=N–C) groups is 1. The molecule has 1 heterocycles. The molecule has 3 fully saturated rings. The zero-order valence-corrected chi connectivity index (χ0v) is 20.7. The number of Topliss-reactive ketones (excluding diaryl/α,β-unsaturated/α-hetero) is 1. The van der Waals surface area contributed by atoms with Gasteiger partial charge in [-0.15, -0.1) is 0 Å². The van der Waals surface area contributed by atoms with E-state index in [1.165, 1.54) is 0 Å². The van der Waals surface area contributed by atoms with Crippen molar-refractivity contribution < 1.29 is 35.9 Å². The van der Waals surface area contributed by atoms with Gasteiger partial charge in [0.15, 0.2) is 0 Å². The molecule has 202 valence electrons. The Hall–Kier alpha value is -2.39. The number of nitrogens with zero attached hydrogens (tertiary/aromatic N) is 1. The lowest BCUT2D eigenvalue weighted by molar-refractivity contribution is -0.141. The summed E-state index contributed by atoms with van der Waals surface area (Å²) in [6, 6.07) is 1.12. The van der Waals surface area contributed by atoms with E-state index in [-0.39, 0.29) is 23.0 Å². The monoisotopic (exact) mass is 528 g/mol. The zero-order chi connectivity index (χ0) is 27.0. The van der Waals surface area contributed by atoms with Crippen LogP contribution in [0.15, 0.2) is 23.2 Å². The van der Waals surface area contributed by atoms with Crippen LogP contribution in [-0.4, -0.2) is 23.9 Å². The summed E-state index contributed by atoms with van der Waals surface area (Å²) in [7, 11) is 0. The maximum Gasteiger partial charge on any atom is 0.418 e. The van der Waals surface area contributed by atoms with Gasteiger partial charge in [-0.2, -0.15) is 26.3 Å². The first-order valence-electron chi connectivity index (χ1n) is 12.8. The number of carbonyl (C=O) groups excluding carboxylic acids is 2. The SMILES string of the molecule is C[C@]12CCC(=O)CC1=NCC1C2CC[C@@]2(C)C1CC[C@@H]2C(=O)Nc1cc(C(F)(F)F)ccc1C(F)(F)F. The Morgan fingerprint density at radius 3 is 2.41 bits per heavy atom. The maximum absolute atomic E-state index is 13.6. The predicted molar refractivity (Wildman–Crippen MR) is 125 cm³/mol. The summed E-state index contributed by atoms with van der Waals surface area (Å²) in [5.41, 5.74) is -3.07. The number of fused-ring (bicyclic) bond motifs is 5. The van der Waals surface area contributed by atoms with Crippen LogP contribution in [0.2, 0.25) is 0 Å². The Kier molecular flexibility index (Phi) is 6.07. The van der Waals surface area contributed by atoms with Crippen molar-refractivity contribution in [3.05, 3.63) is 29.3 Å². The second-order valence-electron chi connectivity index (χ2n) is 11.7. The summed E-state index contributed by atoms with van der Waals surface area (Å²) in [4.78, 5) is 30.2. The molecular formula is C27H30F6N2O2. The van der Waals surface area contributed by atoms with Crippen LogP contribution in [0.3, 0.4) is 0 Å². The third-order valence-electron chi connectivity index (χ3n) is 9.92. The van der Waals surface area contributed by atoms with Crippen molar-refractivity contribution in [3.63, 3.8) is 0 Å². The van der Waals surface area contributed by atoms with Gasteiger partial charge in [-0.25, -0.2) is 0 Å². The van der Waals surface area contributed by atoms with Gasteiger partial charge in [-0.1, -0.05) is 13.8 Å². The first-order chi connectivity index (χ1) is 17.1. The number of alkyl halides is 6. The highest BCUT2D eigenvalue weighted by atomic mass is 19.4. The average Bonchev–Trinajstić information content (AvgIpc) is 3.15. The van der Waals surface area contributed by atoms with Gasteiger partial charge in [-0.05, 0) is 73.5 Å². The first-order valence-corrected chi connectivity index (χ1v) is 12.8. The third-order valence-corrected chi connectivity index (χ3v) is 9.92. The van der Waals surface area contributed by atoms with E-state index in [0.717, 1.165) is 18.6 Å². The molecule has 37 heavy (non-hydrogen) atoms. The number of benzene rings is 1. The molecule has 4 aliphatic rings. The van der Waals surface area contributed by atoms with Crippen molar-refractivity contribution in [1.82, 2.24) is 0 Å². The van der Waals surface area contributed by atoms with Crippen molar-refractivity contribution in [2.24, 2.45) is 39.5 Å². The number of anilines is 1. The summed E-state index contributed by atoms with van der Waals surface area (Å²) in [6.45, 7) is 4.75. The minimum absolute atomic E-state index is 0.130. The van der Waals surface area contributed by atoms with E-state index in [9.17, 15) is 35.9 Å². The van der Waals surface area contributed by atoms with E-state index in [0.29, 0.717) is 62.8 Å². The predicted octanol–water partition coefficient (Wildman–Crippen LogP) is 6.94. The number of rotatable bonds is 2. The fraction of sp³-hybridized carbons (Fsp3) is 0.667. The molecule has 10 heteroatoms. The molecular weight excluding hydrogens is 498 g/mol.